The van der Waals surface area contributed by atoms with E-state index in [0.717, 1.165) is 25.3 Å². The van der Waals surface area contributed by atoms with Gasteiger partial charge < -0.3 is 25.7 Å². The van der Waals surface area contributed by atoms with Gasteiger partial charge in [-0.3, -0.25) is 14.7 Å². The number of ether oxygens (including phenoxy) is 1. The lowest BCUT2D eigenvalue weighted by molar-refractivity contribution is -0.128. The number of alkyl halides is 1. The van der Waals surface area contributed by atoms with E-state index in [1.165, 1.54) is 55.4 Å². The second-order valence-electron chi connectivity index (χ2n) is 11.8. The molecule has 2 atom stereocenters. The monoisotopic (exact) mass is 694 g/mol. The number of rotatable bonds is 6. The van der Waals surface area contributed by atoms with Crippen LogP contribution in [0.25, 0.3) is 28.2 Å². The quantitative estimate of drug-likeness (QED) is 0.165. The maximum atomic E-state index is 16.0. The maximum Gasteiger partial charge on any atom is 0.318 e. The van der Waals surface area contributed by atoms with Crippen LogP contribution < -0.4 is 15.4 Å². The smallest absolute Gasteiger partial charge is 0.318 e. The highest BCUT2D eigenvalue weighted by Gasteiger charge is 2.35. The fourth-order valence-corrected chi connectivity index (χ4v) is 6.67. The summed E-state index contributed by atoms with van der Waals surface area (Å²) in [6, 6.07) is 6.68. The number of hydrogen-bond donors (Lipinski definition) is 2. The number of amides is 1. The fourth-order valence-electron chi connectivity index (χ4n) is 6.41. The van der Waals surface area contributed by atoms with Gasteiger partial charge in [0.1, 0.15) is 23.2 Å². The first-order valence-electron chi connectivity index (χ1n) is 15.7. The number of nitrogen functional groups attached to an aromatic ring is 1. The maximum absolute atomic E-state index is 16.0. The average molecular weight is 695 g/mol. The van der Waals surface area contributed by atoms with Crippen LogP contribution in [-0.4, -0.2) is 106 Å². The van der Waals surface area contributed by atoms with Crippen LogP contribution in [-0.2, 0) is 4.79 Å². The van der Waals surface area contributed by atoms with Crippen molar-refractivity contribution in [3.63, 3.8) is 0 Å². The van der Waals surface area contributed by atoms with Gasteiger partial charge in [0.25, 0.3) is 5.91 Å². The number of aromatic nitrogens is 5. The molecule has 3 aromatic heterocycles. The number of piperazine rings is 1. The zero-order valence-electron chi connectivity index (χ0n) is 26.6. The summed E-state index contributed by atoms with van der Waals surface area (Å²) in [5, 5.41) is 15.6. The van der Waals surface area contributed by atoms with Crippen LogP contribution in [0.3, 0.4) is 0 Å². The lowest BCUT2D eigenvalue weighted by Crippen LogP contribution is -2.49. The van der Waals surface area contributed by atoms with E-state index < -0.39 is 23.7 Å². The Morgan fingerprint density at radius 3 is 2.65 bits per heavy atom. The number of pyridine rings is 1. The van der Waals surface area contributed by atoms with E-state index in [-0.39, 0.29) is 70.9 Å². The predicted molar refractivity (Wildman–Crippen MR) is 181 cm³/mol. The third kappa shape index (κ3) is 7.13. The Morgan fingerprint density at radius 1 is 1.16 bits per heavy atom. The summed E-state index contributed by atoms with van der Waals surface area (Å²) >= 11 is 6.36. The zero-order chi connectivity index (χ0) is 34.7. The zero-order valence-corrected chi connectivity index (χ0v) is 27.4. The van der Waals surface area contributed by atoms with E-state index in [2.05, 4.69) is 30.0 Å². The molecule has 3 fully saturated rings. The SMILES string of the molecule is COc1nc(N2CCN(C(=O)/C(F)=C/c3cccnn3)CC2)c2cnc(-c3c(Cl)ccc(N)c3C=N)c(F)c2n1.FC1CC2CCCN2C1. The molecule has 3 N–H and O–H groups in total. The Kier molecular flexibility index (Phi) is 10.2. The minimum atomic E-state index is -0.952. The summed E-state index contributed by atoms with van der Waals surface area (Å²) in [4.78, 5) is 31.1. The van der Waals surface area contributed by atoms with Crippen molar-refractivity contribution in [3.05, 3.63) is 64.6 Å². The van der Waals surface area contributed by atoms with Gasteiger partial charge in [0.2, 0.25) is 0 Å². The first-order valence-corrected chi connectivity index (χ1v) is 16.1. The number of hydrogen-bond acceptors (Lipinski definition) is 11. The molecule has 0 spiro atoms. The number of fused-ring (bicyclic) bond motifs is 2. The molecule has 0 saturated carbocycles. The second kappa shape index (κ2) is 14.7. The van der Waals surface area contributed by atoms with Gasteiger partial charge in [-0.15, -0.1) is 0 Å². The van der Waals surface area contributed by atoms with Crippen molar-refractivity contribution in [1.82, 2.24) is 34.9 Å². The number of halogens is 4. The molecule has 0 radical (unpaired) electrons. The van der Waals surface area contributed by atoms with Crippen molar-refractivity contribution >= 4 is 52.2 Å². The van der Waals surface area contributed by atoms with Gasteiger partial charge in [0.05, 0.1) is 23.2 Å². The lowest BCUT2D eigenvalue weighted by atomic mass is 10.0. The molecular weight excluding hydrogens is 661 g/mol. The topological polar surface area (TPSA) is 150 Å². The third-order valence-corrected chi connectivity index (χ3v) is 9.15. The number of carbonyl (C=O) groups is 1. The molecule has 3 saturated heterocycles. The summed E-state index contributed by atoms with van der Waals surface area (Å²) in [5.74, 6) is -2.17. The van der Waals surface area contributed by atoms with Gasteiger partial charge in [-0.2, -0.15) is 20.2 Å². The van der Waals surface area contributed by atoms with E-state index in [4.69, 9.17) is 27.5 Å². The lowest BCUT2D eigenvalue weighted by Gasteiger charge is -2.35. The van der Waals surface area contributed by atoms with Crippen molar-refractivity contribution in [2.45, 2.75) is 31.5 Å². The molecule has 4 aromatic rings. The Morgan fingerprint density at radius 2 is 1.96 bits per heavy atom. The number of anilines is 2. The summed E-state index contributed by atoms with van der Waals surface area (Å²) in [7, 11) is 1.36. The minimum Gasteiger partial charge on any atom is -0.467 e. The van der Waals surface area contributed by atoms with Gasteiger partial charge in [-0.1, -0.05) is 11.6 Å². The predicted octanol–water partition coefficient (Wildman–Crippen LogP) is 4.71. The summed E-state index contributed by atoms with van der Waals surface area (Å²) in [6.07, 6.45) is 7.70. The molecule has 3 aliphatic rings. The fraction of sp³-hybridized carbons (Fsp3) is 0.364. The molecule has 0 aliphatic carbocycles. The molecule has 1 amide bonds. The Hall–Kier alpha value is -4.89. The number of nitrogens with one attached hydrogen (secondary N) is 1. The highest BCUT2D eigenvalue weighted by atomic mass is 35.5. The molecule has 12 nitrogen and oxygen atoms in total. The van der Waals surface area contributed by atoms with Crippen molar-refractivity contribution in [3.8, 4) is 17.3 Å². The summed E-state index contributed by atoms with van der Waals surface area (Å²) in [5.41, 5.74) is 6.64. The number of nitrogens with two attached hydrogens (primary N) is 1. The van der Waals surface area contributed by atoms with E-state index in [0.29, 0.717) is 23.8 Å². The highest BCUT2D eigenvalue weighted by Crippen LogP contribution is 2.38. The Balaban J connectivity index is 0.000000396. The minimum absolute atomic E-state index is 0.0715. The van der Waals surface area contributed by atoms with Crippen LogP contribution in [0.1, 0.15) is 30.5 Å². The molecule has 49 heavy (non-hydrogen) atoms. The van der Waals surface area contributed by atoms with Crippen LogP contribution in [0.5, 0.6) is 6.01 Å². The number of methoxy groups -OCH3 is 1. The normalized spacial score (nSPS) is 19.4. The van der Waals surface area contributed by atoms with E-state index in [1.54, 1.807) is 6.07 Å². The van der Waals surface area contributed by atoms with Crippen molar-refractivity contribution in [2.75, 3.05) is 57.0 Å². The molecule has 256 valence electrons. The standard InChI is InChI=1S/C26H22ClF2N9O2.C7H12FN/c1-40-26-34-22-16(13-32-23(21(22)29)20-15(12-30)19(31)5-4-17(20)27)24(35-26)37-7-9-38(10-8-37)25(39)18(28)11-14-3-2-6-33-36-14;8-6-4-7-2-1-3-9(7)5-6/h2-6,11-13,30H,7-10,31H2,1H3;6-7H,1-5H2/b18-11-,30-12?;. The number of benzene rings is 1. The largest absolute Gasteiger partial charge is 0.467 e. The molecule has 2 unspecified atom stereocenters. The molecule has 3 aliphatic heterocycles. The summed E-state index contributed by atoms with van der Waals surface area (Å²) in [6.45, 7) is 2.78. The first-order chi connectivity index (χ1) is 23.7. The Labute approximate surface area is 285 Å². The van der Waals surface area contributed by atoms with Crippen molar-refractivity contribution < 1.29 is 22.7 Å². The van der Waals surface area contributed by atoms with Crippen LogP contribution in [0.2, 0.25) is 5.02 Å². The van der Waals surface area contributed by atoms with Gasteiger partial charge in [-0.25, -0.2) is 13.2 Å². The molecule has 0 bridgehead atoms. The average Bonchev–Trinajstić information content (AvgIpc) is 3.70. The first kappa shape index (κ1) is 34.0. The third-order valence-electron chi connectivity index (χ3n) is 8.83. The molecule has 6 heterocycles. The van der Waals surface area contributed by atoms with Crippen molar-refractivity contribution in [1.29, 1.82) is 5.41 Å². The molecule has 7 rings (SSSR count). The van der Waals surface area contributed by atoms with Crippen LogP contribution in [0, 0.1) is 11.2 Å². The van der Waals surface area contributed by atoms with Gasteiger partial charge in [0, 0.05) is 80.3 Å². The molecule has 16 heteroatoms. The second-order valence-corrected chi connectivity index (χ2v) is 12.2. The van der Waals surface area contributed by atoms with Gasteiger partial charge in [-0.05, 0) is 50.1 Å². The van der Waals surface area contributed by atoms with E-state index in [1.807, 2.05) is 4.90 Å². The van der Waals surface area contributed by atoms with E-state index >= 15 is 4.39 Å². The summed E-state index contributed by atoms with van der Waals surface area (Å²) < 4.78 is 48.4. The van der Waals surface area contributed by atoms with Gasteiger partial charge >= 0.3 is 6.01 Å². The van der Waals surface area contributed by atoms with Crippen LogP contribution in [0.15, 0.2) is 42.5 Å². The van der Waals surface area contributed by atoms with E-state index in [9.17, 15) is 13.6 Å². The van der Waals surface area contributed by atoms with Crippen LogP contribution >= 0.6 is 11.6 Å². The molecule has 1 aromatic carbocycles. The number of carbonyl (C=O) groups excluding carboxylic acids is 1. The van der Waals surface area contributed by atoms with Gasteiger partial charge in [0.15, 0.2) is 11.6 Å². The van der Waals surface area contributed by atoms with Crippen molar-refractivity contribution in [2.24, 2.45) is 0 Å². The molecular formula is C33H34ClF3N10O2. The number of nitrogens with zero attached hydrogens (tertiary/aromatic N) is 8. The highest BCUT2D eigenvalue weighted by molar-refractivity contribution is 6.34. The Bertz CT molecular complexity index is 1880. The van der Waals surface area contributed by atoms with Crippen LogP contribution in [0.4, 0.5) is 24.7 Å².